The summed E-state index contributed by atoms with van der Waals surface area (Å²) in [5.74, 6) is -4.14. The SMILES string of the molecule is CCOC(=O)CS(=O)(=O)CS(=O)(=O)CC(=O)OCC. The molecule has 10 heteroatoms. The summed E-state index contributed by atoms with van der Waals surface area (Å²) in [6, 6.07) is 0. The maximum Gasteiger partial charge on any atom is 0.321 e. The van der Waals surface area contributed by atoms with Crippen molar-refractivity contribution in [3.05, 3.63) is 0 Å². The third-order valence-corrected chi connectivity index (χ3v) is 5.87. The second kappa shape index (κ2) is 7.43. The van der Waals surface area contributed by atoms with Crippen molar-refractivity contribution >= 4 is 31.6 Å². The number of hydrogen-bond acceptors (Lipinski definition) is 8. The summed E-state index contributed by atoms with van der Waals surface area (Å²) in [7, 11) is -8.38. The molecular weight excluding hydrogens is 300 g/mol. The summed E-state index contributed by atoms with van der Waals surface area (Å²) >= 11 is 0. The van der Waals surface area contributed by atoms with Crippen molar-refractivity contribution < 1.29 is 35.9 Å². The van der Waals surface area contributed by atoms with Gasteiger partial charge in [-0.2, -0.15) is 0 Å². The van der Waals surface area contributed by atoms with E-state index in [1.165, 1.54) is 13.8 Å². The summed E-state index contributed by atoms with van der Waals surface area (Å²) in [6.07, 6.45) is 0. The van der Waals surface area contributed by atoms with Gasteiger partial charge in [-0.3, -0.25) is 9.59 Å². The number of sulfone groups is 2. The second-order valence-electron chi connectivity index (χ2n) is 3.50. The van der Waals surface area contributed by atoms with Gasteiger partial charge < -0.3 is 9.47 Å². The molecule has 0 atom stereocenters. The molecule has 0 aromatic carbocycles. The maximum atomic E-state index is 11.4. The van der Waals surface area contributed by atoms with Gasteiger partial charge in [0.1, 0.15) is 11.5 Å². The Morgan fingerprint density at radius 2 is 1.11 bits per heavy atom. The van der Waals surface area contributed by atoms with Crippen LogP contribution in [0, 0.1) is 0 Å². The number of carbonyl (C=O) groups excluding carboxylic acids is 2. The number of hydrogen-bond donors (Lipinski definition) is 0. The van der Waals surface area contributed by atoms with E-state index in [2.05, 4.69) is 9.47 Å². The van der Waals surface area contributed by atoms with Gasteiger partial charge in [-0.25, -0.2) is 16.8 Å². The van der Waals surface area contributed by atoms with Gasteiger partial charge in [-0.05, 0) is 13.8 Å². The van der Waals surface area contributed by atoms with E-state index >= 15 is 0 Å². The van der Waals surface area contributed by atoms with Gasteiger partial charge in [-0.1, -0.05) is 0 Å². The molecule has 19 heavy (non-hydrogen) atoms. The van der Waals surface area contributed by atoms with Crippen LogP contribution in [0.4, 0.5) is 0 Å². The highest BCUT2D eigenvalue weighted by atomic mass is 32.3. The normalized spacial score (nSPS) is 11.9. The Kier molecular flexibility index (Phi) is 6.98. The van der Waals surface area contributed by atoms with E-state index < -0.39 is 48.2 Å². The molecule has 0 amide bonds. The van der Waals surface area contributed by atoms with Gasteiger partial charge in [0, 0.05) is 0 Å². The minimum Gasteiger partial charge on any atom is -0.465 e. The van der Waals surface area contributed by atoms with Gasteiger partial charge in [-0.15, -0.1) is 0 Å². The lowest BCUT2D eigenvalue weighted by atomic mass is 10.8. The lowest BCUT2D eigenvalue weighted by Crippen LogP contribution is -2.29. The molecule has 0 aliphatic carbocycles. The van der Waals surface area contributed by atoms with E-state index in [1.54, 1.807) is 0 Å². The Bertz CT molecular complexity index is 468. The third kappa shape index (κ3) is 8.54. The molecule has 0 saturated heterocycles. The van der Waals surface area contributed by atoms with Crippen LogP contribution in [0.1, 0.15) is 13.8 Å². The first-order valence-corrected chi connectivity index (χ1v) is 8.98. The van der Waals surface area contributed by atoms with Gasteiger partial charge in [0.25, 0.3) is 0 Å². The highest BCUT2D eigenvalue weighted by Gasteiger charge is 2.28. The Labute approximate surface area is 111 Å². The average molecular weight is 316 g/mol. The van der Waals surface area contributed by atoms with Crippen LogP contribution in [0.15, 0.2) is 0 Å². The van der Waals surface area contributed by atoms with Crippen LogP contribution in [-0.4, -0.2) is 58.6 Å². The van der Waals surface area contributed by atoms with E-state index in [-0.39, 0.29) is 13.2 Å². The molecule has 0 radical (unpaired) electrons. The summed E-state index contributed by atoms with van der Waals surface area (Å²) in [4.78, 5) is 22.0. The highest BCUT2D eigenvalue weighted by molar-refractivity contribution is 8.08. The molecule has 0 aliphatic heterocycles. The summed E-state index contributed by atoms with van der Waals surface area (Å²) < 4.78 is 54.6. The molecule has 0 spiro atoms. The zero-order valence-electron chi connectivity index (χ0n) is 10.6. The van der Waals surface area contributed by atoms with Crippen LogP contribution in [-0.2, 0) is 38.7 Å². The fraction of sp³-hybridized carbons (Fsp3) is 0.778. The zero-order valence-corrected chi connectivity index (χ0v) is 12.3. The molecule has 0 aromatic heterocycles. The Morgan fingerprint density at radius 3 is 1.37 bits per heavy atom. The first-order chi connectivity index (χ1) is 8.62. The molecule has 0 aliphatic rings. The molecule has 0 bridgehead atoms. The first-order valence-electron chi connectivity index (χ1n) is 5.34. The van der Waals surface area contributed by atoms with Crippen molar-refractivity contribution in [2.24, 2.45) is 0 Å². The fourth-order valence-electron chi connectivity index (χ4n) is 1.12. The lowest BCUT2D eigenvalue weighted by molar-refractivity contribution is -0.140. The van der Waals surface area contributed by atoms with Crippen molar-refractivity contribution in [1.29, 1.82) is 0 Å². The summed E-state index contributed by atoms with van der Waals surface area (Å²) in [5, 5.41) is -1.29. The molecule has 112 valence electrons. The van der Waals surface area contributed by atoms with E-state index in [1.807, 2.05) is 0 Å². The first kappa shape index (κ1) is 17.8. The Hall–Kier alpha value is -1.16. The van der Waals surface area contributed by atoms with Crippen molar-refractivity contribution in [2.45, 2.75) is 13.8 Å². The van der Waals surface area contributed by atoms with E-state index in [0.29, 0.717) is 0 Å². The number of carbonyl (C=O) groups is 2. The molecule has 0 unspecified atom stereocenters. The quantitative estimate of drug-likeness (QED) is 0.517. The molecule has 8 nitrogen and oxygen atoms in total. The predicted octanol–water partition coefficient (Wildman–Crippen LogP) is -1.10. The van der Waals surface area contributed by atoms with Crippen molar-refractivity contribution in [3.63, 3.8) is 0 Å². The fourth-order valence-corrected chi connectivity index (χ4v) is 4.86. The Morgan fingerprint density at radius 1 is 0.789 bits per heavy atom. The third-order valence-electron chi connectivity index (χ3n) is 1.65. The lowest BCUT2D eigenvalue weighted by Gasteiger charge is -2.05. The van der Waals surface area contributed by atoms with Gasteiger partial charge in [0.15, 0.2) is 24.8 Å². The molecule has 0 aromatic rings. The van der Waals surface area contributed by atoms with E-state index in [9.17, 15) is 26.4 Å². The van der Waals surface area contributed by atoms with Crippen LogP contribution >= 0.6 is 0 Å². The maximum absolute atomic E-state index is 11.4. The predicted molar refractivity (Wildman–Crippen MR) is 65.7 cm³/mol. The highest BCUT2D eigenvalue weighted by Crippen LogP contribution is 2.02. The number of esters is 2. The van der Waals surface area contributed by atoms with Crippen LogP contribution in [0.5, 0.6) is 0 Å². The molecule has 0 fully saturated rings. The largest absolute Gasteiger partial charge is 0.465 e. The topological polar surface area (TPSA) is 121 Å². The monoisotopic (exact) mass is 316 g/mol. The summed E-state index contributed by atoms with van der Waals surface area (Å²) in [5.41, 5.74) is 0. The van der Waals surface area contributed by atoms with Crippen molar-refractivity contribution in [1.82, 2.24) is 0 Å². The molecule has 0 heterocycles. The molecule has 0 saturated carbocycles. The van der Waals surface area contributed by atoms with E-state index in [0.717, 1.165) is 0 Å². The second-order valence-corrected chi connectivity index (χ2v) is 8.00. The van der Waals surface area contributed by atoms with Gasteiger partial charge in [0.05, 0.1) is 13.2 Å². The van der Waals surface area contributed by atoms with Gasteiger partial charge >= 0.3 is 11.9 Å². The van der Waals surface area contributed by atoms with E-state index in [4.69, 9.17) is 0 Å². The molecular formula is C9H16O8S2. The smallest absolute Gasteiger partial charge is 0.321 e. The van der Waals surface area contributed by atoms with Crippen LogP contribution < -0.4 is 0 Å². The van der Waals surface area contributed by atoms with Crippen molar-refractivity contribution in [3.8, 4) is 0 Å². The van der Waals surface area contributed by atoms with Crippen LogP contribution in [0.3, 0.4) is 0 Å². The van der Waals surface area contributed by atoms with Crippen LogP contribution in [0.25, 0.3) is 0 Å². The van der Waals surface area contributed by atoms with Gasteiger partial charge in [0.2, 0.25) is 0 Å². The van der Waals surface area contributed by atoms with Crippen molar-refractivity contribution in [2.75, 3.05) is 29.8 Å². The standard InChI is InChI=1S/C9H16O8S2/c1-3-16-8(10)5-18(12,13)7-19(14,15)6-9(11)17-4-2/h3-7H2,1-2H3. The summed E-state index contributed by atoms with van der Waals surface area (Å²) in [6.45, 7) is 2.96. The number of ether oxygens (including phenoxy) is 2. The van der Waals surface area contributed by atoms with Crippen LogP contribution in [0.2, 0.25) is 0 Å². The molecule has 0 N–H and O–H groups in total. The zero-order chi connectivity index (χ0) is 15.1. The molecule has 0 rings (SSSR count). The minimum absolute atomic E-state index is 0.00999. The average Bonchev–Trinajstić information content (AvgIpc) is 2.13. The Balaban J connectivity index is 4.64. The number of rotatable bonds is 8. The minimum atomic E-state index is -4.19.